The van der Waals surface area contributed by atoms with E-state index in [-0.39, 0.29) is 11.9 Å². The topological polar surface area (TPSA) is 111 Å². The quantitative estimate of drug-likeness (QED) is 0.744. The predicted molar refractivity (Wildman–Crippen MR) is 94.9 cm³/mol. The van der Waals surface area contributed by atoms with Crippen LogP contribution in [0, 0.1) is 5.92 Å². The van der Waals surface area contributed by atoms with Gasteiger partial charge >= 0.3 is 0 Å². The molecule has 1 aliphatic heterocycles. The number of nitrogen functional groups attached to an aromatic ring is 1. The Morgan fingerprint density at radius 2 is 2.24 bits per heavy atom. The minimum atomic E-state index is -0.193. The summed E-state index contributed by atoms with van der Waals surface area (Å²) >= 11 is 0. The van der Waals surface area contributed by atoms with E-state index in [2.05, 4.69) is 44.2 Å². The molecule has 0 spiro atoms. The van der Waals surface area contributed by atoms with Crippen molar-refractivity contribution in [2.24, 2.45) is 5.92 Å². The van der Waals surface area contributed by atoms with Crippen LogP contribution < -0.4 is 16.4 Å². The zero-order chi connectivity index (χ0) is 17.8. The number of aromatic nitrogens is 4. The van der Waals surface area contributed by atoms with Crippen LogP contribution in [0.25, 0.3) is 0 Å². The van der Waals surface area contributed by atoms with Crippen LogP contribution in [-0.4, -0.2) is 38.7 Å². The van der Waals surface area contributed by atoms with Crippen LogP contribution in [0.4, 0.5) is 5.82 Å². The lowest BCUT2D eigenvalue weighted by molar-refractivity contribution is 0.0929. The number of pyridine rings is 1. The van der Waals surface area contributed by atoms with Crippen LogP contribution in [0.3, 0.4) is 0 Å². The highest BCUT2D eigenvalue weighted by atomic mass is 16.1. The summed E-state index contributed by atoms with van der Waals surface area (Å²) in [6.07, 6.45) is 3.17. The summed E-state index contributed by atoms with van der Waals surface area (Å²) in [5.41, 5.74) is 6.19. The van der Waals surface area contributed by atoms with Gasteiger partial charge in [0.2, 0.25) is 0 Å². The van der Waals surface area contributed by atoms with E-state index >= 15 is 0 Å². The zero-order valence-corrected chi connectivity index (χ0v) is 14.7. The third kappa shape index (κ3) is 4.14. The number of hydrogen-bond acceptors (Lipinski definition) is 6. The zero-order valence-electron chi connectivity index (χ0n) is 14.7. The Morgan fingerprint density at radius 1 is 1.40 bits per heavy atom. The number of hydrogen-bond donors (Lipinski definition) is 3. The van der Waals surface area contributed by atoms with Gasteiger partial charge in [0, 0.05) is 37.8 Å². The molecule has 4 N–H and O–H groups in total. The van der Waals surface area contributed by atoms with Gasteiger partial charge < -0.3 is 20.9 Å². The number of fused-ring (bicyclic) bond motifs is 1. The average Bonchev–Trinajstić information content (AvgIpc) is 2.82. The monoisotopic (exact) mass is 343 g/mol. The Balaban J connectivity index is 1.85. The summed E-state index contributed by atoms with van der Waals surface area (Å²) in [4.78, 5) is 16.6. The summed E-state index contributed by atoms with van der Waals surface area (Å²) in [6.45, 7) is 6.84. The van der Waals surface area contributed by atoms with Gasteiger partial charge in [-0.2, -0.15) is 0 Å². The molecule has 25 heavy (non-hydrogen) atoms. The second kappa shape index (κ2) is 7.60. The van der Waals surface area contributed by atoms with E-state index < -0.39 is 0 Å². The van der Waals surface area contributed by atoms with Gasteiger partial charge in [-0.05, 0) is 24.5 Å². The molecule has 2 aromatic rings. The fraction of sp³-hybridized carbons (Fsp3) is 0.529. The SMILES string of the molecule is CC(C)C[C@@H](NC(=O)c1ccnc(N)c1)c1nnc2n1CCNCC2. The molecule has 0 bridgehead atoms. The third-order valence-electron chi connectivity index (χ3n) is 4.26. The van der Waals surface area contributed by atoms with Gasteiger partial charge in [-0.15, -0.1) is 10.2 Å². The second-order valence-electron chi connectivity index (χ2n) is 6.75. The molecule has 3 rings (SSSR count). The number of anilines is 1. The van der Waals surface area contributed by atoms with Crippen LogP contribution in [0.2, 0.25) is 0 Å². The first kappa shape index (κ1) is 17.3. The smallest absolute Gasteiger partial charge is 0.252 e. The van der Waals surface area contributed by atoms with Crippen molar-refractivity contribution < 1.29 is 4.79 Å². The first-order valence-electron chi connectivity index (χ1n) is 8.69. The highest BCUT2D eigenvalue weighted by molar-refractivity contribution is 5.94. The van der Waals surface area contributed by atoms with Gasteiger partial charge in [0.1, 0.15) is 11.6 Å². The maximum atomic E-state index is 12.7. The van der Waals surface area contributed by atoms with E-state index in [1.165, 1.54) is 6.20 Å². The molecule has 3 heterocycles. The Labute approximate surface area is 147 Å². The van der Waals surface area contributed by atoms with Gasteiger partial charge in [-0.1, -0.05) is 13.8 Å². The molecule has 2 aromatic heterocycles. The van der Waals surface area contributed by atoms with Crippen LogP contribution in [0.1, 0.15) is 48.3 Å². The van der Waals surface area contributed by atoms with Crippen molar-refractivity contribution in [3.8, 4) is 0 Å². The second-order valence-corrected chi connectivity index (χ2v) is 6.75. The van der Waals surface area contributed by atoms with Crippen molar-refractivity contribution in [2.75, 3.05) is 18.8 Å². The lowest BCUT2D eigenvalue weighted by atomic mass is 10.0. The molecular formula is C17H25N7O. The molecule has 1 aliphatic rings. The van der Waals surface area contributed by atoms with Gasteiger partial charge in [0.05, 0.1) is 6.04 Å². The third-order valence-corrected chi connectivity index (χ3v) is 4.26. The number of rotatable bonds is 5. The Bertz CT molecular complexity index is 740. The maximum absolute atomic E-state index is 12.7. The first-order valence-corrected chi connectivity index (χ1v) is 8.69. The average molecular weight is 343 g/mol. The minimum Gasteiger partial charge on any atom is -0.384 e. The molecule has 0 saturated heterocycles. The lowest BCUT2D eigenvalue weighted by Gasteiger charge is -2.21. The van der Waals surface area contributed by atoms with E-state index in [1.807, 2.05) is 0 Å². The van der Waals surface area contributed by atoms with Crippen molar-refractivity contribution in [2.45, 2.75) is 39.3 Å². The first-order chi connectivity index (χ1) is 12.0. The van der Waals surface area contributed by atoms with E-state index in [9.17, 15) is 4.79 Å². The summed E-state index contributed by atoms with van der Waals surface area (Å²) in [5, 5.41) is 15.2. The van der Waals surface area contributed by atoms with Gasteiger partial charge in [-0.3, -0.25) is 4.79 Å². The molecular weight excluding hydrogens is 318 g/mol. The molecule has 0 fully saturated rings. The molecule has 0 saturated carbocycles. The van der Waals surface area contributed by atoms with E-state index in [0.29, 0.717) is 17.3 Å². The summed E-state index contributed by atoms with van der Waals surface area (Å²) in [6, 6.07) is 3.05. The normalized spacial score (nSPS) is 15.5. The fourth-order valence-corrected chi connectivity index (χ4v) is 3.08. The maximum Gasteiger partial charge on any atom is 0.252 e. The number of carbonyl (C=O) groups is 1. The molecule has 0 aromatic carbocycles. The highest BCUT2D eigenvalue weighted by Gasteiger charge is 2.25. The molecule has 0 radical (unpaired) electrons. The van der Waals surface area contributed by atoms with Crippen LogP contribution >= 0.6 is 0 Å². The van der Waals surface area contributed by atoms with Crippen LogP contribution in [-0.2, 0) is 13.0 Å². The largest absolute Gasteiger partial charge is 0.384 e. The van der Waals surface area contributed by atoms with Gasteiger partial charge in [0.25, 0.3) is 5.91 Å². The van der Waals surface area contributed by atoms with E-state index in [4.69, 9.17) is 5.73 Å². The number of amides is 1. The van der Waals surface area contributed by atoms with Crippen LogP contribution in [0.15, 0.2) is 18.3 Å². The summed E-state index contributed by atoms with van der Waals surface area (Å²) in [5.74, 6) is 2.35. The Kier molecular flexibility index (Phi) is 5.28. The van der Waals surface area contributed by atoms with Crippen molar-refractivity contribution >= 4 is 11.7 Å². The molecule has 0 unspecified atom stereocenters. The summed E-state index contributed by atoms with van der Waals surface area (Å²) < 4.78 is 2.13. The van der Waals surface area contributed by atoms with Gasteiger partial charge in [0.15, 0.2) is 5.82 Å². The molecule has 8 heteroatoms. The molecule has 134 valence electrons. The minimum absolute atomic E-state index is 0.177. The fourth-order valence-electron chi connectivity index (χ4n) is 3.08. The molecule has 0 aliphatic carbocycles. The van der Waals surface area contributed by atoms with E-state index in [1.54, 1.807) is 12.1 Å². The number of carbonyl (C=O) groups excluding carboxylic acids is 1. The predicted octanol–water partition coefficient (Wildman–Crippen LogP) is 0.918. The number of nitrogens with zero attached hydrogens (tertiary/aromatic N) is 4. The molecule has 1 atom stereocenters. The number of nitrogens with two attached hydrogens (primary N) is 1. The van der Waals surface area contributed by atoms with E-state index in [0.717, 1.165) is 44.1 Å². The Morgan fingerprint density at radius 3 is 3.00 bits per heavy atom. The number of nitrogens with one attached hydrogen (secondary N) is 2. The lowest BCUT2D eigenvalue weighted by Crippen LogP contribution is -2.32. The summed E-state index contributed by atoms with van der Waals surface area (Å²) in [7, 11) is 0. The van der Waals surface area contributed by atoms with Crippen molar-refractivity contribution in [1.29, 1.82) is 0 Å². The van der Waals surface area contributed by atoms with Crippen molar-refractivity contribution in [3.05, 3.63) is 35.5 Å². The molecule has 8 nitrogen and oxygen atoms in total. The highest BCUT2D eigenvalue weighted by Crippen LogP contribution is 2.22. The standard InChI is InChI=1S/C17H25N7O/c1-11(2)9-13(21-17(25)12-3-6-20-14(18)10-12)16-23-22-15-4-5-19-7-8-24(15)16/h3,6,10-11,13,19H,4-5,7-9H2,1-2H3,(H2,18,20)(H,21,25)/t13-/m1/s1. The van der Waals surface area contributed by atoms with Crippen LogP contribution in [0.5, 0.6) is 0 Å². The van der Waals surface area contributed by atoms with Crippen molar-refractivity contribution in [3.63, 3.8) is 0 Å². The molecule has 1 amide bonds. The van der Waals surface area contributed by atoms with Crippen molar-refractivity contribution in [1.82, 2.24) is 30.4 Å². The Hall–Kier alpha value is -2.48. The van der Waals surface area contributed by atoms with Gasteiger partial charge in [-0.25, -0.2) is 4.98 Å².